The highest BCUT2D eigenvalue weighted by Crippen LogP contribution is 2.33. The highest BCUT2D eigenvalue weighted by molar-refractivity contribution is 7.14. The average molecular weight is 475 g/mol. The maximum Gasteiger partial charge on any atom is 0.315 e. The maximum absolute atomic E-state index is 12.9. The Morgan fingerprint density at radius 3 is 2.75 bits per heavy atom. The van der Waals surface area contributed by atoms with Crippen molar-refractivity contribution in [3.05, 3.63) is 55.7 Å². The normalized spacial score (nSPS) is 18.2. The molecule has 0 saturated carbocycles. The number of urea groups is 1. The van der Waals surface area contributed by atoms with E-state index in [1.807, 2.05) is 31.2 Å². The zero-order valence-corrected chi connectivity index (χ0v) is 19.1. The standard InChI is InChI=1S/C22H23ClN4O4S/c1-12-5-6-13(7-16(12)23)9-24-22(31)25-10-15-8-14-11-27(21(30)19(14)32-15)17-3-2-4-18(28)26-20(17)29/h5-8,17H,2-4,9-11H2,1H3,(H2,24,25,31)(H,26,28,29). The van der Waals surface area contributed by atoms with Gasteiger partial charge in [0.15, 0.2) is 0 Å². The Morgan fingerprint density at radius 2 is 2.00 bits per heavy atom. The Labute approximate surface area is 194 Å². The molecule has 2 aliphatic rings. The van der Waals surface area contributed by atoms with Crippen molar-refractivity contribution in [3.63, 3.8) is 0 Å². The fourth-order valence-electron chi connectivity index (χ4n) is 3.84. The second-order valence-electron chi connectivity index (χ2n) is 7.94. The van der Waals surface area contributed by atoms with Gasteiger partial charge in [-0.25, -0.2) is 4.79 Å². The molecule has 0 radical (unpaired) electrons. The number of nitrogens with one attached hydrogen (secondary N) is 3. The molecule has 1 saturated heterocycles. The molecule has 1 aromatic carbocycles. The number of hydrogen-bond acceptors (Lipinski definition) is 5. The van der Waals surface area contributed by atoms with Crippen LogP contribution >= 0.6 is 22.9 Å². The number of imide groups is 1. The van der Waals surface area contributed by atoms with Crippen LogP contribution in [0.15, 0.2) is 24.3 Å². The summed E-state index contributed by atoms with van der Waals surface area (Å²) in [5.74, 6) is -0.910. The number of halogens is 1. The number of fused-ring (bicyclic) bond motifs is 1. The predicted octanol–water partition coefficient (Wildman–Crippen LogP) is 2.86. The quantitative estimate of drug-likeness (QED) is 0.579. The number of carbonyl (C=O) groups is 4. The molecule has 0 bridgehead atoms. The SMILES string of the molecule is Cc1ccc(CNC(=O)NCc2cc3c(s2)C(=O)N(C2CCCC(=O)NC2=O)C3)cc1Cl. The molecule has 10 heteroatoms. The predicted molar refractivity (Wildman–Crippen MR) is 120 cm³/mol. The number of hydrogen-bond donors (Lipinski definition) is 3. The summed E-state index contributed by atoms with van der Waals surface area (Å²) in [6, 6.07) is 6.58. The van der Waals surface area contributed by atoms with Gasteiger partial charge in [0.25, 0.3) is 5.91 Å². The molecule has 1 fully saturated rings. The Bertz CT molecular complexity index is 1100. The number of carbonyl (C=O) groups excluding carboxylic acids is 4. The summed E-state index contributed by atoms with van der Waals surface area (Å²) in [5, 5.41) is 8.59. The summed E-state index contributed by atoms with van der Waals surface area (Å²) in [4.78, 5) is 51.8. The lowest BCUT2D eigenvalue weighted by Gasteiger charge is -2.24. The van der Waals surface area contributed by atoms with E-state index >= 15 is 0 Å². The first kappa shape index (κ1) is 22.3. The molecule has 5 amide bonds. The van der Waals surface area contributed by atoms with Gasteiger partial charge in [0.2, 0.25) is 11.8 Å². The third-order valence-electron chi connectivity index (χ3n) is 5.59. The minimum absolute atomic E-state index is 0.202. The number of nitrogens with zero attached hydrogens (tertiary/aromatic N) is 1. The molecule has 0 aliphatic carbocycles. The Morgan fingerprint density at radius 1 is 1.22 bits per heavy atom. The van der Waals surface area contributed by atoms with Crippen molar-refractivity contribution in [3.8, 4) is 0 Å². The van der Waals surface area contributed by atoms with E-state index in [4.69, 9.17) is 11.6 Å². The van der Waals surface area contributed by atoms with Crippen LogP contribution in [0.2, 0.25) is 5.02 Å². The number of amides is 5. The van der Waals surface area contributed by atoms with Gasteiger partial charge in [0.1, 0.15) is 6.04 Å². The van der Waals surface area contributed by atoms with Gasteiger partial charge in [-0.3, -0.25) is 19.7 Å². The van der Waals surface area contributed by atoms with Gasteiger partial charge in [-0.15, -0.1) is 11.3 Å². The lowest BCUT2D eigenvalue weighted by Crippen LogP contribution is -2.46. The first-order chi connectivity index (χ1) is 15.3. The summed E-state index contributed by atoms with van der Waals surface area (Å²) >= 11 is 7.42. The van der Waals surface area contributed by atoms with E-state index in [1.165, 1.54) is 16.2 Å². The van der Waals surface area contributed by atoms with Crippen LogP contribution in [0.25, 0.3) is 0 Å². The van der Waals surface area contributed by atoms with E-state index < -0.39 is 11.9 Å². The molecule has 0 spiro atoms. The molecule has 8 nitrogen and oxygen atoms in total. The van der Waals surface area contributed by atoms with E-state index in [2.05, 4.69) is 16.0 Å². The van der Waals surface area contributed by atoms with Crippen LogP contribution in [0.3, 0.4) is 0 Å². The molecule has 32 heavy (non-hydrogen) atoms. The number of thiophene rings is 1. The van der Waals surface area contributed by atoms with E-state index in [0.29, 0.717) is 48.8 Å². The molecule has 4 rings (SSSR count). The minimum atomic E-state index is -0.629. The van der Waals surface area contributed by atoms with Crippen LogP contribution < -0.4 is 16.0 Å². The molecular weight excluding hydrogens is 452 g/mol. The lowest BCUT2D eigenvalue weighted by molar-refractivity contribution is -0.132. The summed E-state index contributed by atoms with van der Waals surface area (Å²) < 4.78 is 0. The average Bonchev–Trinajstić information content (AvgIpc) is 3.23. The van der Waals surface area contributed by atoms with Crippen molar-refractivity contribution in [2.75, 3.05) is 0 Å². The highest BCUT2D eigenvalue weighted by Gasteiger charge is 2.39. The van der Waals surface area contributed by atoms with Crippen LogP contribution in [0.4, 0.5) is 4.79 Å². The molecule has 3 heterocycles. The minimum Gasteiger partial charge on any atom is -0.334 e. The zero-order chi connectivity index (χ0) is 22.8. The largest absolute Gasteiger partial charge is 0.334 e. The Hall–Kier alpha value is -2.91. The van der Waals surface area contributed by atoms with Crippen molar-refractivity contribution in [2.24, 2.45) is 0 Å². The third kappa shape index (κ3) is 4.78. The van der Waals surface area contributed by atoms with E-state index in [0.717, 1.165) is 21.6 Å². The fraction of sp³-hybridized carbons (Fsp3) is 0.364. The van der Waals surface area contributed by atoms with Crippen LogP contribution in [0.1, 0.15) is 50.5 Å². The second-order valence-corrected chi connectivity index (χ2v) is 9.48. The molecule has 1 aromatic heterocycles. The third-order valence-corrected chi connectivity index (χ3v) is 7.16. The van der Waals surface area contributed by atoms with E-state index in [-0.39, 0.29) is 17.8 Å². The second kappa shape index (κ2) is 9.30. The molecule has 1 atom stereocenters. The van der Waals surface area contributed by atoms with Gasteiger partial charge in [0.05, 0.1) is 11.4 Å². The molecule has 2 aliphatic heterocycles. The summed E-state index contributed by atoms with van der Waals surface area (Å²) in [6.45, 7) is 2.90. The number of benzene rings is 1. The fourth-order valence-corrected chi connectivity index (χ4v) is 5.11. The first-order valence-electron chi connectivity index (χ1n) is 10.3. The van der Waals surface area contributed by atoms with Crippen LogP contribution in [-0.4, -0.2) is 34.7 Å². The maximum atomic E-state index is 12.9. The van der Waals surface area contributed by atoms with Gasteiger partial charge in [-0.1, -0.05) is 23.7 Å². The summed E-state index contributed by atoms with van der Waals surface area (Å²) in [6.07, 6.45) is 1.33. The topological polar surface area (TPSA) is 108 Å². The van der Waals surface area contributed by atoms with E-state index in [9.17, 15) is 19.2 Å². The molecule has 168 valence electrons. The van der Waals surface area contributed by atoms with Crippen molar-refractivity contribution in [1.29, 1.82) is 0 Å². The molecule has 1 unspecified atom stereocenters. The van der Waals surface area contributed by atoms with E-state index in [1.54, 1.807) is 0 Å². The highest BCUT2D eigenvalue weighted by atomic mass is 35.5. The Kier molecular flexibility index (Phi) is 6.48. The summed E-state index contributed by atoms with van der Waals surface area (Å²) in [5.41, 5.74) is 2.72. The van der Waals surface area contributed by atoms with Gasteiger partial charge in [-0.05, 0) is 48.6 Å². The van der Waals surface area contributed by atoms with Crippen molar-refractivity contribution in [1.82, 2.24) is 20.9 Å². The van der Waals surface area contributed by atoms with Crippen LogP contribution in [0.5, 0.6) is 0 Å². The molecule has 2 aromatic rings. The zero-order valence-electron chi connectivity index (χ0n) is 17.5. The van der Waals surface area contributed by atoms with Gasteiger partial charge < -0.3 is 15.5 Å². The molecular formula is C22H23ClN4O4S. The first-order valence-corrected chi connectivity index (χ1v) is 11.5. The smallest absolute Gasteiger partial charge is 0.315 e. The summed E-state index contributed by atoms with van der Waals surface area (Å²) in [7, 11) is 0. The molecule has 3 N–H and O–H groups in total. The van der Waals surface area contributed by atoms with Gasteiger partial charge in [-0.2, -0.15) is 0 Å². The van der Waals surface area contributed by atoms with Crippen molar-refractivity contribution in [2.45, 2.75) is 51.9 Å². The van der Waals surface area contributed by atoms with Crippen molar-refractivity contribution >= 4 is 46.7 Å². The lowest BCUT2D eigenvalue weighted by atomic mass is 10.1. The van der Waals surface area contributed by atoms with Gasteiger partial charge in [0, 0.05) is 29.4 Å². The van der Waals surface area contributed by atoms with Crippen LogP contribution in [-0.2, 0) is 29.2 Å². The Balaban J connectivity index is 1.30. The number of aryl methyl sites for hydroxylation is 1. The monoisotopic (exact) mass is 474 g/mol. The van der Waals surface area contributed by atoms with Gasteiger partial charge >= 0.3 is 6.03 Å². The van der Waals surface area contributed by atoms with Crippen molar-refractivity contribution < 1.29 is 19.2 Å². The number of rotatable bonds is 5. The van der Waals surface area contributed by atoms with Crippen LogP contribution in [0, 0.1) is 6.92 Å².